The smallest absolute Gasteiger partial charge is 0.161 e. The summed E-state index contributed by atoms with van der Waals surface area (Å²) in [6, 6.07) is 1.35. The molecule has 0 bridgehead atoms. The summed E-state index contributed by atoms with van der Waals surface area (Å²) in [6.45, 7) is 7.52. The molecule has 0 N–H and O–H groups in total. The van der Waals surface area contributed by atoms with Crippen LogP contribution >= 0.6 is 0 Å². The molecule has 0 aromatic carbocycles. The minimum Gasteiger partial charge on any atom is -0.424 e. The second-order valence-electron chi connectivity index (χ2n) is 2.73. The maximum atomic E-state index is 5.32. The zero-order chi connectivity index (χ0) is 7.11. The summed E-state index contributed by atoms with van der Waals surface area (Å²) in [5.74, 6) is 0.859. The van der Waals surface area contributed by atoms with Gasteiger partial charge >= 0.3 is 0 Å². The van der Waals surface area contributed by atoms with Gasteiger partial charge in [0.15, 0.2) is 9.76 Å². The van der Waals surface area contributed by atoms with Gasteiger partial charge in [-0.3, -0.25) is 0 Å². The van der Waals surface area contributed by atoms with E-state index >= 15 is 0 Å². The van der Waals surface area contributed by atoms with Gasteiger partial charge in [0.25, 0.3) is 0 Å². The van der Waals surface area contributed by atoms with Crippen LogP contribution in [0.15, 0.2) is 0 Å². The molecule has 0 spiro atoms. The van der Waals surface area contributed by atoms with Gasteiger partial charge in [0.05, 0.1) is 0 Å². The normalized spacial score (nSPS) is 12.0. The zero-order valence-electron chi connectivity index (χ0n) is 6.81. The molecule has 56 valence electrons. The fourth-order valence-corrected chi connectivity index (χ4v) is 2.21. The highest BCUT2D eigenvalue weighted by atomic mass is 28.2. The minimum atomic E-state index is -0.132. The second kappa shape index (κ2) is 6.30. The van der Waals surface area contributed by atoms with E-state index in [1.807, 2.05) is 0 Å². The van der Waals surface area contributed by atoms with E-state index in [1.54, 1.807) is 0 Å². The largest absolute Gasteiger partial charge is 0.424 e. The molecule has 9 heavy (non-hydrogen) atoms. The maximum Gasteiger partial charge on any atom is 0.161 e. The van der Waals surface area contributed by atoms with Crippen LogP contribution in [0.3, 0.4) is 0 Å². The van der Waals surface area contributed by atoms with Crippen molar-refractivity contribution >= 4 is 9.76 Å². The number of rotatable bonds is 5. The van der Waals surface area contributed by atoms with E-state index in [0.29, 0.717) is 0 Å². The Bertz CT molecular complexity index is 54.9. The van der Waals surface area contributed by atoms with E-state index in [2.05, 4.69) is 20.8 Å². The minimum absolute atomic E-state index is 0.132. The molecule has 0 aliphatic carbocycles. The van der Waals surface area contributed by atoms with Crippen molar-refractivity contribution in [2.45, 2.75) is 33.2 Å². The van der Waals surface area contributed by atoms with E-state index < -0.39 is 0 Å². The molecule has 0 unspecified atom stereocenters. The van der Waals surface area contributed by atoms with Crippen LogP contribution in [0.5, 0.6) is 0 Å². The summed E-state index contributed by atoms with van der Waals surface area (Å²) in [6.07, 6.45) is 1.35. The van der Waals surface area contributed by atoms with Crippen LogP contribution in [-0.4, -0.2) is 16.4 Å². The van der Waals surface area contributed by atoms with Gasteiger partial charge in [0.1, 0.15) is 0 Å². The SMILES string of the molecule is CCO[SiH2]CCC(C)C. The van der Waals surface area contributed by atoms with Gasteiger partial charge in [-0.2, -0.15) is 0 Å². The fraction of sp³-hybridized carbons (Fsp3) is 1.00. The van der Waals surface area contributed by atoms with Crippen LogP contribution in [0.4, 0.5) is 0 Å². The van der Waals surface area contributed by atoms with Gasteiger partial charge in [-0.25, -0.2) is 0 Å². The van der Waals surface area contributed by atoms with E-state index in [1.165, 1.54) is 12.5 Å². The molecular weight excluding hydrogens is 128 g/mol. The van der Waals surface area contributed by atoms with Crippen molar-refractivity contribution in [3.8, 4) is 0 Å². The number of hydrogen-bond acceptors (Lipinski definition) is 1. The van der Waals surface area contributed by atoms with Crippen LogP contribution in [0.25, 0.3) is 0 Å². The van der Waals surface area contributed by atoms with Crippen molar-refractivity contribution < 1.29 is 4.43 Å². The van der Waals surface area contributed by atoms with E-state index in [0.717, 1.165) is 12.5 Å². The van der Waals surface area contributed by atoms with Crippen LogP contribution in [-0.2, 0) is 4.43 Å². The lowest BCUT2D eigenvalue weighted by Crippen LogP contribution is -1.99. The quantitative estimate of drug-likeness (QED) is 0.422. The average molecular weight is 146 g/mol. The van der Waals surface area contributed by atoms with Gasteiger partial charge in [-0.05, 0) is 18.9 Å². The summed E-state index contributed by atoms with van der Waals surface area (Å²) in [5, 5.41) is 0. The lowest BCUT2D eigenvalue weighted by atomic mass is 10.2. The first-order valence-corrected chi connectivity index (χ1v) is 5.42. The first-order valence-electron chi connectivity index (χ1n) is 3.85. The third kappa shape index (κ3) is 8.18. The van der Waals surface area contributed by atoms with Crippen LogP contribution in [0.1, 0.15) is 27.2 Å². The predicted octanol–water partition coefficient (Wildman–Crippen LogP) is 1.57. The van der Waals surface area contributed by atoms with Crippen molar-refractivity contribution in [1.82, 2.24) is 0 Å². The monoisotopic (exact) mass is 146 g/mol. The van der Waals surface area contributed by atoms with Crippen molar-refractivity contribution in [2.24, 2.45) is 5.92 Å². The Labute approximate surface area is 60.7 Å². The Morgan fingerprint density at radius 2 is 2.11 bits per heavy atom. The van der Waals surface area contributed by atoms with Gasteiger partial charge in [-0.15, -0.1) is 0 Å². The molecule has 0 saturated carbocycles. The summed E-state index contributed by atoms with van der Waals surface area (Å²) < 4.78 is 5.32. The van der Waals surface area contributed by atoms with Crippen LogP contribution < -0.4 is 0 Å². The molecule has 0 fully saturated rings. The lowest BCUT2D eigenvalue weighted by molar-refractivity contribution is 0.357. The van der Waals surface area contributed by atoms with Crippen molar-refractivity contribution in [1.29, 1.82) is 0 Å². The summed E-state index contributed by atoms with van der Waals surface area (Å²) in [5.41, 5.74) is 0. The molecular formula is C7H18OSi. The van der Waals surface area contributed by atoms with Gasteiger partial charge in [0, 0.05) is 6.61 Å². The lowest BCUT2D eigenvalue weighted by Gasteiger charge is -2.02. The Hall–Kier alpha value is 0.177. The second-order valence-corrected chi connectivity index (χ2v) is 4.26. The van der Waals surface area contributed by atoms with Gasteiger partial charge in [-0.1, -0.05) is 20.3 Å². The van der Waals surface area contributed by atoms with Crippen LogP contribution in [0, 0.1) is 5.92 Å². The zero-order valence-corrected chi connectivity index (χ0v) is 8.23. The Balaban J connectivity index is 2.75. The van der Waals surface area contributed by atoms with Crippen molar-refractivity contribution in [3.63, 3.8) is 0 Å². The molecule has 0 atom stereocenters. The molecule has 0 amide bonds. The first kappa shape index (κ1) is 9.18. The first-order chi connectivity index (χ1) is 4.27. The molecule has 1 nitrogen and oxygen atoms in total. The Kier molecular flexibility index (Phi) is 6.42. The van der Waals surface area contributed by atoms with E-state index in [4.69, 9.17) is 4.43 Å². The van der Waals surface area contributed by atoms with E-state index in [9.17, 15) is 0 Å². The molecule has 0 radical (unpaired) electrons. The van der Waals surface area contributed by atoms with Gasteiger partial charge in [0.2, 0.25) is 0 Å². The highest BCUT2D eigenvalue weighted by Crippen LogP contribution is 2.02. The third-order valence-electron chi connectivity index (χ3n) is 1.27. The molecule has 0 aromatic heterocycles. The predicted molar refractivity (Wildman–Crippen MR) is 44.4 cm³/mol. The molecule has 0 rings (SSSR count). The fourth-order valence-electron chi connectivity index (χ4n) is 0.738. The number of hydrogen-bond donors (Lipinski definition) is 0. The molecule has 0 saturated heterocycles. The summed E-state index contributed by atoms with van der Waals surface area (Å²) in [4.78, 5) is 0. The topological polar surface area (TPSA) is 9.23 Å². The van der Waals surface area contributed by atoms with Crippen molar-refractivity contribution in [2.75, 3.05) is 6.61 Å². The standard InChI is InChI=1S/C7H18OSi/c1-4-8-9-6-5-7(2)3/h7H,4-6,9H2,1-3H3. The van der Waals surface area contributed by atoms with Crippen molar-refractivity contribution in [3.05, 3.63) is 0 Å². The van der Waals surface area contributed by atoms with E-state index in [-0.39, 0.29) is 9.76 Å². The maximum absolute atomic E-state index is 5.32. The Morgan fingerprint density at radius 1 is 1.44 bits per heavy atom. The summed E-state index contributed by atoms with van der Waals surface area (Å²) >= 11 is 0. The molecule has 0 aromatic rings. The highest BCUT2D eigenvalue weighted by molar-refractivity contribution is 6.26. The molecule has 2 heteroatoms. The third-order valence-corrected chi connectivity index (χ3v) is 2.67. The average Bonchev–Trinajstić information content (AvgIpc) is 1.80. The molecule has 0 aliphatic rings. The van der Waals surface area contributed by atoms with Crippen LogP contribution in [0.2, 0.25) is 6.04 Å². The molecule has 0 aliphatic heterocycles. The highest BCUT2D eigenvalue weighted by Gasteiger charge is 1.92. The van der Waals surface area contributed by atoms with Gasteiger partial charge < -0.3 is 4.43 Å². The molecule has 0 heterocycles. The Morgan fingerprint density at radius 3 is 2.56 bits per heavy atom. The summed E-state index contributed by atoms with van der Waals surface area (Å²) in [7, 11) is -0.132.